The minimum atomic E-state index is 1.19. The Morgan fingerprint density at radius 1 is 0.273 bits per heavy atom. The van der Waals surface area contributed by atoms with Crippen molar-refractivity contribution in [3.63, 3.8) is 0 Å². The summed E-state index contributed by atoms with van der Waals surface area (Å²) in [5.41, 5.74) is 0. The first-order chi connectivity index (χ1) is 21.3. The monoisotopic (exact) mass is 619 g/mol. The van der Waals surface area contributed by atoms with Crippen LogP contribution in [-0.2, 0) is 0 Å². The number of nitrogens with zero attached hydrogens (tertiary/aromatic N) is 2. The van der Waals surface area contributed by atoms with Crippen LogP contribution in [0.25, 0.3) is 0 Å². The zero-order chi connectivity index (χ0) is 32.5. The summed E-state index contributed by atoms with van der Waals surface area (Å²) >= 11 is 0. The van der Waals surface area contributed by atoms with Gasteiger partial charge in [-0.25, -0.2) is 0 Å². The molecule has 44 heavy (non-hydrogen) atoms. The highest BCUT2D eigenvalue weighted by atomic mass is 15.4. The molecule has 262 valence electrons. The second-order valence-electron chi connectivity index (χ2n) is 15.6. The van der Waals surface area contributed by atoms with Crippen LogP contribution >= 0.6 is 0 Å². The molecule has 2 heteroatoms. The van der Waals surface area contributed by atoms with E-state index >= 15 is 0 Å². The Morgan fingerprint density at radius 3 is 0.773 bits per heavy atom. The Morgan fingerprint density at radius 2 is 0.500 bits per heavy atom. The lowest BCUT2D eigenvalue weighted by Crippen LogP contribution is -2.51. The summed E-state index contributed by atoms with van der Waals surface area (Å²) in [5, 5.41) is 0. The van der Waals surface area contributed by atoms with E-state index in [2.05, 4.69) is 66.3 Å². The van der Waals surface area contributed by atoms with Gasteiger partial charge in [-0.05, 0) is 77.0 Å². The number of unbranched alkanes of at least 4 members (excludes halogenated alkanes) is 24. The van der Waals surface area contributed by atoms with Gasteiger partial charge in [-0.15, -0.1) is 0 Å². The smallest absolute Gasteiger partial charge is 0.128 e. The molecule has 0 saturated carbocycles. The molecule has 0 N–H and O–H groups in total. The summed E-state index contributed by atoms with van der Waals surface area (Å²) in [6.07, 6.45) is 48.9. The average Bonchev–Trinajstić information content (AvgIpc) is 3.00. The fourth-order valence-electron chi connectivity index (χ4n) is 6.34. The Labute approximate surface area is 280 Å². The van der Waals surface area contributed by atoms with Gasteiger partial charge in [0.1, 0.15) is 13.1 Å². The minimum Gasteiger partial charge on any atom is -0.324 e. The van der Waals surface area contributed by atoms with Gasteiger partial charge in [-0.1, -0.05) is 141 Å². The molecule has 0 aromatic heterocycles. The first-order valence-electron chi connectivity index (χ1n) is 20.3. The number of quaternary nitrogens is 2. The van der Waals surface area contributed by atoms with Gasteiger partial charge in [0.05, 0.1) is 41.3 Å². The Hall–Kier alpha value is -0.600. The maximum Gasteiger partial charge on any atom is 0.128 e. The van der Waals surface area contributed by atoms with Crippen LogP contribution in [0.2, 0.25) is 0 Å². The van der Waals surface area contributed by atoms with Gasteiger partial charge < -0.3 is 8.97 Å². The van der Waals surface area contributed by atoms with E-state index in [9.17, 15) is 0 Å². The topological polar surface area (TPSA) is 0 Å². The fourth-order valence-corrected chi connectivity index (χ4v) is 6.34. The largest absolute Gasteiger partial charge is 0.324 e. The Balaban J connectivity index is 3.58. The lowest BCUT2D eigenvalue weighted by molar-refractivity contribution is -0.946. The Kier molecular flexibility index (Phi) is 31.9. The molecule has 0 heterocycles. The van der Waals surface area contributed by atoms with Crippen molar-refractivity contribution in [2.24, 2.45) is 0 Å². The molecule has 0 rings (SSSR count). The minimum absolute atomic E-state index is 1.19. The van der Waals surface area contributed by atoms with Crippen LogP contribution in [0, 0.1) is 0 Å². The van der Waals surface area contributed by atoms with E-state index in [4.69, 9.17) is 0 Å². The van der Waals surface area contributed by atoms with E-state index in [0.717, 1.165) is 0 Å². The highest BCUT2D eigenvalue weighted by Crippen LogP contribution is 2.14. The summed E-state index contributed by atoms with van der Waals surface area (Å²) in [6.45, 7) is 9.90. The zero-order valence-corrected chi connectivity index (χ0v) is 31.8. The average molecular weight is 619 g/mol. The molecule has 0 aliphatic rings. The van der Waals surface area contributed by atoms with Crippen LogP contribution in [0.4, 0.5) is 0 Å². The van der Waals surface area contributed by atoms with Gasteiger partial charge >= 0.3 is 0 Å². The third kappa shape index (κ3) is 34.3. The first-order valence-corrected chi connectivity index (χ1v) is 20.3. The van der Waals surface area contributed by atoms with Crippen LogP contribution in [0.5, 0.6) is 0 Å². The Bertz CT molecular complexity index is 563. The molecule has 0 amide bonds. The molecule has 0 aromatic carbocycles. The van der Waals surface area contributed by atoms with Gasteiger partial charge in [0.2, 0.25) is 0 Å². The molecule has 0 fully saturated rings. The second kappa shape index (κ2) is 32.3. The maximum atomic E-state index is 2.46. The second-order valence-corrected chi connectivity index (χ2v) is 15.6. The quantitative estimate of drug-likeness (QED) is 0.0376. The molecule has 0 radical (unpaired) electrons. The molecule has 0 aromatic rings. The summed E-state index contributed by atoms with van der Waals surface area (Å²) in [4.78, 5) is 0. The molecule has 0 bridgehead atoms. The first kappa shape index (κ1) is 43.4. The zero-order valence-electron chi connectivity index (χ0n) is 31.8. The number of hydrogen-bond acceptors (Lipinski definition) is 0. The van der Waals surface area contributed by atoms with Crippen molar-refractivity contribution in [2.75, 3.05) is 54.4 Å². The van der Waals surface area contributed by atoms with E-state index < -0.39 is 0 Å². The summed E-state index contributed by atoms with van der Waals surface area (Å²) in [6, 6.07) is 0. The number of hydrogen-bond donors (Lipinski definition) is 0. The number of likely N-dealkylation sites (N-methyl/N-ethyl adjacent to an activating group) is 2. The van der Waals surface area contributed by atoms with E-state index in [-0.39, 0.29) is 0 Å². The van der Waals surface area contributed by atoms with Crippen molar-refractivity contribution in [1.82, 2.24) is 0 Å². The fraction of sp³-hybridized carbons (Fsp3) is 0.905. The predicted octanol–water partition coefficient (Wildman–Crippen LogP) is 13.2. The maximum absolute atomic E-state index is 2.46. The van der Waals surface area contributed by atoms with Gasteiger partial charge in [0, 0.05) is 0 Å². The normalized spacial score (nSPS) is 12.8. The number of rotatable bonds is 35. The SMILES string of the molecule is CCCCCCCCC=CCCCCCCCC[N+](C)(C)CC[N+](C)(C)CCCCCCCCC=CCCCCCCCC. The van der Waals surface area contributed by atoms with Crippen molar-refractivity contribution in [3.05, 3.63) is 24.3 Å². The van der Waals surface area contributed by atoms with Crippen LogP contribution in [-0.4, -0.2) is 63.3 Å². The van der Waals surface area contributed by atoms with E-state index in [1.807, 2.05) is 0 Å². The molecule has 0 spiro atoms. The summed E-state index contributed by atoms with van der Waals surface area (Å²) in [7, 11) is 9.84. The van der Waals surface area contributed by atoms with Crippen LogP contribution in [0.15, 0.2) is 24.3 Å². The van der Waals surface area contributed by atoms with Crippen molar-refractivity contribution < 1.29 is 8.97 Å². The molecule has 2 nitrogen and oxygen atoms in total. The van der Waals surface area contributed by atoms with Gasteiger partial charge in [0.15, 0.2) is 0 Å². The standard InChI is InChI=1S/C42H86N2/c1-7-9-11-13-15-17-19-21-23-25-27-29-31-33-35-37-39-43(3,4)41-42-44(5,6)40-38-36-34-32-30-28-26-24-22-20-18-16-14-12-10-8-2/h21-24H,7-20,25-42H2,1-6H3/q+2. The lowest BCUT2D eigenvalue weighted by Gasteiger charge is -2.36. The van der Waals surface area contributed by atoms with Crippen molar-refractivity contribution in [2.45, 2.75) is 194 Å². The van der Waals surface area contributed by atoms with E-state index in [1.165, 1.54) is 215 Å². The highest BCUT2D eigenvalue weighted by Gasteiger charge is 2.22. The van der Waals surface area contributed by atoms with E-state index in [0.29, 0.717) is 0 Å². The summed E-state index contributed by atoms with van der Waals surface area (Å²) < 4.78 is 2.39. The molecule has 0 atom stereocenters. The molecule has 0 unspecified atom stereocenters. The lowest BCUT2D eigenvalue weighted by atomic mass is 10.1. The number of allylic oxidation sites excluding steroid dienone is 4. The third-order valence-electron chi connectivity index (χ3n) is 9.86. The van der Waals surface area contributed by atoms with Crippen LogP contribution < -0.4 is 0 Å². The summed E-state index contributed by atoms with van der Waals surface area (Å²) in [5.74, 6) is 0. The van der Waals surface area contributed by atoms with Crippen LogP contribution in [0.1, 0.15) is 194 Å². The van der Waals surface area contributed by atoms with Gasteiger partial charge in [0.25, 0.3) is 0 Å². The molecule has 0 aliphatic carbocycles. The predicted molar refractivity (Wildman–Crippen MR) is 203 cm³/mol. The van der Waals surface area contributed by atoms with Crippen LogP contribution in [0.3, 0.4) is 0 Å². The van der Waals surface area contributed by atoms with Gasteiger partial charge in [-0.2, -0.15) is 0 Å². The van der Waals surface area contributed by atoms with E-state index in [1.54, 1.807) is 0 Å². The third-order valence-corrected chi connectivity index (χ3v) is 9.86. The molecular formula is C42H86N2+2. The van der Waals surface area contributed by atoms with Crippen molar-refractivity contribution >= 4 is 0 Å². The molecular weight excluding hydrogens is 532 g/mol. The van der Waals surface area contributed by atoms with Crippen molar-refractivity contribution in [3.8, 4) is 0 Å². The molecule has 0 aliphatic heterocycles. The van der Waals surface area contributed by atoms with Gasteiger partial charge in [-0.3, -0.25) is 0 Å². The van der Waals surface area contributed by atoms with Crippen molar-refractivity contribution in [1.29, 1.82) is 0 Å². The molecule has 0 saturated heterocycles. The highest BCUT2D eigenvalue weighted by molar-refractivity contribution is 4.82.